The van der Waals surface area contributed by atoms with E-state index >= 15 is 0 Å². The van der Waals surface area contributed by atoms with E-state index in [1.807, 2.05) is 20.8 Å². The Bertz CT molecular complexity index is 588. The van der Waals surface area contributed by atoms with Crippen LogP contribution in [0.4, 0.5) is 10.1 Å². The van der Waals surface area contributed by atoms with Crippen molar-refractivity contribution in [3.05, 3.63) is 39.7 Å². The summed E-state index contributed by atoms with van der Waals surface area (Å²) in [4.78, 5) is 23.7. The molecule has 1 unspecified atom stereocenters. The quantitative estimate of drug-likeness (QED) is 0.620. The van der Waals surface area contributed by atoms with Crippen molar-refractivity contribution in [2.45, 2.75) is 32.5 Å². The topological polar surface area (TPSA) is 72.7 Å². The van der Waals surface area contributed by atoms with E-state index in [-0.39, 0.29) is 17.6 Å². The van der Waals surface area contributed by atoms with Gasteiger partial charge in [-0.1, -0.05) is 0 Å². The number of benzene rings is 1. The van der Waals surface area contributed by atoms with E-state index in [2.05, 4.69) is 0 Å². The Morgan fingerprint density at radius 2 is 2.19 bits per heavy atom. The van der Waals surface area contributed by atoms with E-state index in [1.165, 1.54) is 6.07 Å². The molecule has 2 rings (SSSR count). The van der Waals surface area contributed by atoms with Crippen molar-refractivity contribution >= 4 is 11.6 Å². The van der Waals surface area contributed by atoms with Crippen LogP contribution in [-0.4, -0.2) is 40.5 Å². The summed E-state index contributed by atoms with van der Waals surface area (Å²) >= 11 is 0. The van der Waals surface area contributed by atoms with Crippen LogP contribution in [0, 0.1) is 15.9 Å². The zero-order valence-corrected chi connectivity index (χ0v) is 12.1. The smallest absolute Gasteiger partial charge is 0.304 e. The lowest BCUT2D eigenvalue weighted by Gasteiger charge is -2.41. The van der Waals surface area contributed by atoms with Crippen LogP contribution in [0.25, 0.3) is 0 Å². The number of nitro groups is 1. The molecule has 6 nitrogen and oxygen atoms in total. The van der Waals surface area contributed by atoms with Crippen LogP contribution in [0.2, 0.25) is 0 Å². The third-order valence-electron chi connectivity index (χ3n) is 3.25. The molecule has 1 saturated heterocycles. The first kappa shape index (κ1) is 15.4. The van der Waals surface area contributed by atoms with Crippen LogP contribution >= 0.6 is 0 Å². The monoisotopic (exact) mass is 296 g/mol. The first-order valence-electron chi connectivity index (χ1n) is 6.60. The Labute approximate surface area is 121 Å². The molecule has 0 bridgehead atoms. The molecule has 1 aromatic carbocycles. The highest BCUT2D eigenvalue weighted by Gasteiger charge is 2.34. The number of hydrogen-bond donors (Lipinski definition) is 0. The summed E-state index contributed by atoms with van der Waals surface area (Å²) < 4.78 is 19.3. The first-order chi connectivity index (χ1) is 9.69. The Morgan fingerprint density at radius 1 is 1.52 bits per heavy atom. The van der Waals surface area contributed by atoms with Gasteiger partial charge in [-0.05, 0) is 32.9 Å². The molecular formula is C14H17FN2O4. The van der Waals surface area contributed by atoms with E-state index in [9.17, 15) is 19.3 Å². The van der Waals surface area contributed by atoms with Gasteiger partial charge in [0.25, 0.3) is 5.91 Å². The van der Waals surface area contributed by atoms with Crippen LogP contribution < -0.4 is 0 Å². The van der Waals surface area contributed by atoms with E-state index in [0.717, 1.165) is 12.1 Å². The Kier molecular flexibility index (Phi) is 3.95. The summed E-state index contributed by atoms with van der Waals surface area (Å²) in [6.07, 6.45) is -0.124. The van der Waals surface area contributed by atoms with Gasteiger partial charge in [-0.2, -0.15) is 4.39 Å². The molecule has 1 heterocycles. The van der Waals surface area contributed by atoms with Gasteiger partial charge in [0, 0.05) is 24.7 Å². The maximum absolute atomic E-state index is 13.6. The van der Waals surface area contributed by atoms with Crippen molar-refractivity contribution in [3.8, 4) is 0 Å². The van der Waals surface area contributed by atoms with Crippen LogP contribution in [0.15, 0.2) is 18.2 Å². The molecular weight excluding hydrogens is 279 g/mol. The number of ether oxygens (including phenoxy) is 1. The molecule has 0 aromatic heterocycles. The van der Waals surface area contributed by atoms with Crippen molar-refractivity contribution in [3.63, 3.8) is 0 Å². The largest absolute Gasteiger partial charge is 0.369 e. The summed E-state index contributed by atoms with van der Waals surface area (Å²) in [7, 11) is 0. The molecule has 1 atom stereocenters. The van der Waals surface area contributed by atoms with Gasteiger partial charge in [-0.3, -0.25) is 14.9 Å². The lowest BCUT2D eigenvalue weighted by molar-refractivity contribution is -0.387. The number of morpholine rings is 1. The second kappa shape index (κ2) is 5.40. The zero-order chi connectivity index (χ0) is 15.8. The number of halogens is 1. The maximum atomic E-state index is 13.6. The highest BCUT2D eigenvalue weighted by Crippen LogP contribution is 2.24. The van der Waals surface area contributed by atoms with Gasteiger partial charge in [0.05, 0.1) is 16.6 Å². The molecule has 0 N–H and O–H groups in total. The fourth-order valence-electron chi connectivity index (χ4n) is 2.58. The Balaban J connectivity index is 2.24. The van der Waals surface area contributed by atoms with Crippen molar-refractivity contribution in [2.24, 2.45) is 0 Å². The van der Waals surface area contributed by atoms with Gasteiger partial charge < -0.3 is 9.64 Å². The minimum absolute atomic E-state index is 0.100. The highest BCUT2D eigenvalue weighted by atomic mass is 19.1. The molecule has 21 heavy (non-hydrogen) atoms. The standard InChI is InChI=1S/C14H17FN2O4/c1-9-7-16(8-14(2,3)21-9)13(18)10-4-5-12(17(19)20)11(15)6-10/h4-6,9H,7-8H2,1-3H3. The third-order valence-corrected chi connectivity index (χ3v) is 3.25. The average molecular weight is 296 g/mol. The van der Waals surface area contributed by atoms with Gasteiger partial charge in [-0.15, -0.1) is 0 Å². The molecule has 1 amide bonds. The van der Waals surface area contributed by atoms with Gasteiger partial charge in [-0.25, -0.2) is 0 Å². The van der Waals surface area contributed by atoms with Gasteiger partial charge in [0.2, 0.25) is 5.82 Å². The molecule has 0 spiro atoms. The second-order valence-electron chi connectivity index (χ2n) is 5.80. The molecule has 1 aliphatic heterocycles. The van der Waals surface area contributed by atoms with Crippen LogP contribution in [0.3, 0.4) is 0 Å². The number of carbonyl (C=O) groups is 1. The summed E-state index contributed by atoms with van der Waals surface area (Å²) in [5.41, 5.74) is -1.02. The second-order valence-corrected chi connectivity index (χ2v) is 5.80. The fourth-order valence-corrected chi connectivity index (χ4v) is 2.58. The van der Waals surface area contributed by atoms with Crippen molar-refractivity contribution in [1.82, 2.24) is 4.90 Å². The van der Waals surface area contributed by atoms with Gasteiger partial charge >= 0.3 is 5.69 Å². The normalized spacial score (nSPS) is 21.1. The summed E-state index contributed by atoms with van der Waals surface area (Å²) in [6, 6.07) is 3.20. The van der Waals surface area contributed by atoms with Crippen molar-refractivity contribution < 1.29 is 18.8 Å². The predicted octanol–water partition coefficient (Wildman–Crippen LogP) is 2.37. The summed E-state index contributed by atoms with van der Waals surface area (Å²) in [5.74, 6) is -1.36. The zero-order valence-electron chi connectivity index (χ0n) is 12.1. The first-order valence-corrected chi connectivity index (χ1v) is 6.60. The maximum Gasteiger partial charge on any atom is 0.304 e. The van der Waals surface area contributed by atoms with Crippen LogP contribution in [0.1, 0.15) is 31.1 Å². The molecule has 1 fully saturated rings. The number of hydrogen-bond acceptors (Lipinski definition) is 4. The molecule has 1 aromatic rings. The highest BCUT2D eigenvalue weighted by molar-refractivity contribution is 5.94. The average Bonchev–Trinajstić information content (AvgIpc) is 2.34. The number of nitro benzene ring substituents is 1. The lowest BCUT2D eigenvalue weighted by atomic mass is 10.0. The Morgan fingerprint density at radius 3 is 2.71 bits per heavy atom. The van der Waals surface area contributed by atoms with Crippen molar-refractivity contribution in [2.75, 3.05) is 13.1 Å². The third kappa shape index (κ3) is 3.36. The number of nitrogens with zero attached hydrogens (tertiary/aromatic N) is 2. The van der Waals surface area contributed by atoms with Crippen molar-refractivity contribution in [1.29, 1.82) is 0 Å². The van der Waals surface area contributed by atoms with E-state index in [4.69, 9.17) is 4.74 Å². The van der Waals surface area contributed by atoms with Gasteiger partial charge in [0.15, 0.2) is 0 Å². The van der Waals surface area contributed by atoms with Crippen LogP contribution in [-0.2, 0) is 4.74 Å². The minimum atomic E-state index is -1.01. The molecule has 0 radical (unpaired) electrons. The summed E-state index contributed by atoms with van der Waals surface area (Å²) in [6.45, 7) is 6.39. The van der Waals surface area contributed by atoms with Crippen LogP contribution in [0.5, 0.6) is 0 Å². The molecule has 1 aliphatic rings. The molecule has 0 saturated carbocycles. The number of amides is 1. The number of rotatable bonds is 2. The fraction of sp³-hybridized carbons (Fsp3) is 0.500. The van der Waals surface area contributed by atoms with E-state index < -0.39 is 22.0 Å². The lowest BCUT2D eigenvalue weighted by Crippen LogP contribution is -2.53. The molecule has 7 heteroatoms. The predicted molar refractivity (Wildman–Crippen MR) is 73.6 cm³/mol. The van der Waals surface area contributed by atoms with Gasteiger partial charge in [0.1, 0.15) is 0 Å². The molecule has 114 valence electrons. The molecule has 0 aliphatic carbocycles. The SMILES string of the molecule is CC1CN(C(=O)c2ccc([N+](=O)[O-])c(F)c2)CC(C)(C)O1. The van der Waals surface area contributed by atoms with E-state index in [1.54, 1.807) is 4.90 Å². The Hall–Kier alpha value is -2.02. The van der Waals surface area contributed by atoms with E-state index in [0.29, 0.717) is 13.1 Å². The number of carbonyl (C=O) groups excluding carboxylic acids is 1. The minimum Gasteiger partial charge on any atom is -0.369 e. The summed E-state index contributed by atoms with van der Waals surface area (Å²) in [5, 5.41) is 10.6.